The molecule has 0 amide bonds. The zero-order valence-corrected chi connectivity index (χ0v) is 19.0. The van der Waals surface area contributed by atoms with Gasteiger partial charge in [0.2, 0.25) is 0 Å². The molecule has 0 aliphatic heterocycles. The summed E-state index contributed by atoms with van der Waals surface area (Å²) < 4.78 is 41.0. The summed E-state index contributed by atoms with van der Waals surface area (Å²) in [7, 11) is 1.40. The Hall–Kier alpha value is -3.27. The van der Waals surface area contributed by atoms with Gasteiger partial charge in [0.1, 0.15) is 40.5 Å². The molecule has 4 aromatic rings. The molecule has 0 bridgehead atoms. The molecule has 1 N–H and O–H groups in total. The number of aromatic nitrogens is 4. The van der Waals surface area contributed by atoms with Gasteiger partial charge in [-0.2, -0.15) is 0 Å². The lowest BCUT2D eigenvalue weighted by Crippen LogP contribution is -2.13. The van der Waals surface area contributed by atoms with Crippen LogP contribution in [-0.2, 0) is 6.54 Å². The summed E-state index contributed by atoms with van der Waals surface area (Å²) in [6, 6.07) is 4.84. The fraction of sp³-hybridized carbons (Fsp3) is 0.318. The highest BCUT2D eigenvalue weighted by Gasteiger charge is 2.20. The summed E-state index contributed by atoms with van der Waals surface area (Å²) in [5.41, 5.74) is 1.16. The molecule has 1 aromatic carbocycles. The van der Waals surface area contributed by atoms with Crippen LogP contribution in [0, 0.1) is 25.5 Å². The highest BCUT2D eigenvalue weighted by Crippen LogP contribution is 2.35. The van der Waals surface area contributed by atoms with E-state index in [1.54, 1.807) is 22.8 Å². The number of ether oxygens (including phenoxy) is 2. The van der Waals surface area contributed by atoms with Gasteiger partial charge in [0, 0.05) is 36.2 Å². The number of hydrogen-bond acceptors (Lipinski definition) is 7. The lowest BCUT2D eigenvalue weighted by atomic mass is 10.2. The molecule has 0 aliphatic carbocycles. The topological polar surface area (TPSA) is 74.1 Å². The van der Waals surface area contributed by atoms with Crippen LogP contribution in [0.15, 0.2) is 24.5 Å². The van der Waals surface area contributed by atoms with Crippen LogP contribution in [-0.4, -0.2) is 39.8 Å². The van der Waals surface area contributed by atoms with E-state index in [9.17, 15) is 8.78 Å². The summed E-state index contributed by atoms with van der Waals surface area (Å²) in [5, 5.41) is 3.22. The lowest BCUT2D eigenvalue weighted by Gasteiger charge is -2.10. The van der Waals surface area contributed by atoms with Crippen LogP contribution in [0.1, 0.15) is 17.6 Å². The van der Waals surface area contributed by atoms with Crippen molar-refractivity contribution in [3.05, 3.63) is 46.9 Å². The van der Waals surface area contributed by atoms with Crippen molar-refractivity contribution >= 4 is 28.2 Å². The third-order valence-corrected chi connectivity index (χ3v) is 6.07. The number of nitrogens with zero attached hydrogens (tertiary/aromatic N) is 4. The van der Waals surface area contributed by atoms with Crippen molar-refractivity contribution in [1.82, 2.24) is 19.5 Å². The van der Waals surface area contributed by atoms with Gasteiger partial charge in [0.05, 0.1) is 24.3 Å². The molecule has 3 heterocycles. The Balaban J connectivity index is 1.53. The Morgan fingerprint density at radius 1 is 1.12 bits per heavy atom. The molecule has 32 heavy (non-hydrogen) atoms. The van der Waals surface area contributed by atoms with E-state index in [1.807, 2.05) is 26.0 Å². The van der Waals surface area contributed by atoms with Crippen LogP contribution in [0.3, 0.4) is 0 Å². The Kier molecular flexibility index (Phi) is 6.22. The van der Waals surface area contributed by atoms with Crippen molar-refractivity contribution in [3.63, 3.8) is 0 Å². The van der Waals surface area contributed by atoms with Gasteiger partial charge in [-0.25, -0.2) is 23.7 Å². The third-order valence-electron chi connectivity index (χ3n) is 5.02. The maximum absolute atomic E-state index is 14.5. The molecule has 0 atom stereocenters. The number of rotatable bonds is 8. The largest absolute Gasteiger partial charge is 0.494 e. The second kappa shape index (κ2) is 9.07. The van der Waals surface area contributed by atoms with Crippen LogP contribution in [0.4, 0.5) is 14.6 Å². The normalized spacial score (nSPS) is 11.2. The zero-order chi connectivity index (χ0) is 22.8. The highest BCUT2D eigenvalue weighted by atomic mass is 32.1. The molecule has 7 nitrogen and oxygen atoms in total. The van der Waals surface area contributed by atoms with Gasteiger partial charge in [-0.1, -0.05) is 0 Å². The molecule has 0 aliphatic rings. The zero-order valence-electron chi connectivity index (χ0n) is 18.2. The smallest absolute Gasteiger partial charge is 0.184 e. The maximum atomic E-state index is 14.5. The monoisotopic (exact) mass is 459 g/mol. The van der Waals surface area contributed by atoms with Crippen LogP contribution in [0.2, 0.25) is 0 Å². The number of halogens is 2. The standard InChI is InChI=1S/C22H23F2N5O2S/c1-5-31-16-10-18(32-12(16)2)15-9-19(27-11-26-15)25-6-7-29-13(3)28-21-17(30-4)8-14(23)20(24)22(21)29/h8-11H,5-7H2,1-4H3,(H,25,26,27). The molecule has 0 saturated heterocycles. The number of nitrogens with one attached hydrogen (secondary N) is 1. The van der Waals surface area contributed by atoms with E-state index < -0.39 is 11.6 Å². The molecule has 0 unspecified atom stereocenters. The Morgan fingerprint density at radius 2 is 1.94 bits per heavy atom. The first-order valence-electron chi connectivity index (χ1n) is 10.1. The van der Waals surface area contributed by atoms with Crippen molar-refractivity contribution < 1.29 is 18.3 Å². The number of anilines is 1. The summed E-state index contributed by atoms with van der Waals surface area (Å²) in [4.78, 5) is 15.1. The average Bonchev–Trinajstić information content (AvgIpc) is 3.31. The molecule has 10 heteroatoms. The number of thiophene rings is 1. The number of fused-ring (bicyclic) bond motifs is 1. The summed E-state index contributed by atoms with van der Waals surface area (Å²) >= 11 is 1.60. The third kappa shape index (κ3) is 4.10. The first kappa shape index (κ1) is 21.9. The fourth-order valence-corrected chi connectivity index (χ4v) is 4.45. The van der Waals surface area contributed by atoms with Gasteiger partial charge in [0.25, 0.3) is 0 Å². The van der Waals surface area contributed by atoms with E-state index in [0.717, 1.165) is 27.3 Å². The first-order chi connectivity index (χ1) is 15.4. The van der Waals surface area contributed by atoms with Crippen molar-refractivity contribution in [2.45, 2.75) is 27.3 Å². The minimum absolute atomic E-state index is 0.0852. The van der Waals surface area contributed by atoms with E-state index in [-0.39, 0.29) is 11.3 Å². The van der Waals surface area contributed by atoms with Crippen LogP contribution >= 0.6 is 11.3 Å². The van der Waals surface area contributed by atoms with Gasteiger partial charge >= 0.3 is 0 Å². The Bertz CT molecular complexity index is 1270. The van der Waals surface area contributed by atoms with Gasteiger partial charge in [-0.15, -0.1) is 11.3 Å². The second-order valence-electron chi connectivity index (χ2n) is 7.06. The Morgan fingerprint density at radius 3 is 2.69 bits per heavy atom. The minimum atomic E-state index is -0.971. The molecule has 0 saturated carbocycles. The van der Waals surface area contributed by atoms with Crippen LogP contribution < -0.4 is 14.8 Å². The summed E-state index contributed by atoms with van der Waals surface area (Å²) in [5.74, 6) is 0.334. The van der Waals surface area contributed by atoms with Gasteiger partial charge in [-0.3, -0.25) is 0 Å². The lowest BCUT2D eigenvalue weighted by molar-refractivity contribution is 0.340. The van der Waals surface area contributed by atoms with E-state index >= 15 is 0 Å². The summed E-state index contributed by atoms with van der Waals surface area (Å²) in [6.45, 7) is 7.09. The predicted octanol–water partition coefficient (Wildman–Crippen LogP) is 4.97. The molecule has 168 valence electrons. The van der Waals surface area contributed by atoms with Crippen molar-refractivity contribution in [2.24, 2.45) is 0 Å². The molecule has 4 rings (SSSR count). The second-order valence-corrected chi connectivity index (χ2v) is 8.32. The van der Waals surface area contributed by atoms with Gasteiger partial charge < -0.3 is 19.4 Å². The van der Waals surface area contributed by atoms with E-state index in [4.69, 9.17) is 9.47 Å². The number of imidazole rings is 1. The fourth-order valence-electron chi connectivity index (χ4n) is 3.52. The first-order valence-corrected chi connectivity index (χ1v) is 10.9. The van der Waals surface area contributed by atoms with Crippen molar-refractivity contribution in [1.29, 1.82) is 0 Å². The molecule has 3 aromatic heterocycles. The van der Waals surface area contributed by atoms with Crippen molar-refractivity contribution in [3.8, 4) is 22.1 Å². The molecular weight excluding hydrogens is 436 g/mol. The Labute approximate surface area is 188 Å². The molecule has 0 spiro atoms. The van der Waals surface area contributed by atoms with E-state index in [2.05, 4.69) is 20.3 Å². The van der Waals surface area contributed by atoms with Crippen LogP contribution in [0.5, 0.6) is 11.5 Å². The van der Waals surface area contributed by atoms with E-state index in [1.165, 1.54) is 13.4 Å². The van der Waals surface area contributed by atoms with Gasteiger partial charge in [-0.05, 0) is 20.8 Å². The number of aryl methyl sites for hydroxylation is 2. The average molecular weight is 460 g/mol. The predicted molar refractivity (Wildman–Crippen MR) is 121 cm³/mol. The van der Waals surface area contributed by atoms with E-state index in [0.29, 0.717) is 36.9 Å². The number of benzene rings is 1. The highest BCUT2D eigenvalue weighted by molar-refractivity contribution is 7.15. The molecule has 0 fully saturated rings. The maximum Gasteiger partial charge on any atom is 0.184 e. The minimum Gasteiger partial charge on any atom is -0.494 e. The van der Waals surface area contributed by atoms with Crippen LogP contribution in [0.25, 0.3) is 21.6 Å². The molecule has 0 radical (unpaired) electrons. The quantitative estimate of drug-likeness (QED) is 0.401. The summed E-state index contributed by atoms with van der Waals surface area (Å²) in [6.07, 6.45) is 1.49. The van der Waals surface area contributed by atoms with Crippen molar-refractivity contribution in [2.75, 3.05) is 25.6 Å². The molecular formula is C22H23F2N5O2S. The number of methoxy groups -OCH3 is 1. The SMILES string of the molecule is CCOc1cc(-c2cc(NCCn3c(C)nc4c(OC)cc(F)c(F)c43)ncn2)sc1C. The number of hydrogen-bond donors (Lipinski definition) is 1. The van der Waals surface area contributed by atoms with Gasteiger partial charge in [0.15, 0.2) is 11.6 Å².